The fourth-order valence-electron chi connectivity index (χ4n) is 2.19. The van der Waals surface area contributed by atoms with Crippen LogP contribution in [-0.2, 0) is 0 Å². The van der Waals surface area contributed by atoms with Crippen molar-refractivity contribution in [3.05, 3.63) is 35.7 Å². The van der Waals surface area contributed by atoms with Crippen LogP contribution in [0.25, 0.3) is 0 Å². The largest absolute Gasteiger partial charge is 0.303 e. The molecule has 1 aromatic carbocycles. The predicted molar refractivity (Wildman–Crippen MR) is 81.4 cm³/mol. The number of thioether (sulfide) groups is 1. The molecule has 1 radical (unpaired) electrons. The van der Waals surface area contributed by atoms with Gasteiger partial charge in [0.1, 0.15) is 0 Å². The Bertz CT molecular complexity index is 333. The van der Waals surface area contributed by atoms with Crippen LogP contribution in [0.3, 0.4) is 0 Å². The minimum Gasteiger partial charge on any atom is -0.303 e. The van der Waals surface area contributed by atoms with E-state index in [0.717, 1.165) is 5.02 Å². The quantitative estimate of drug-likeness (QED) is 0.558. The summed E-state index contributed by atoms with van der Waals surface area (Å²) in [7, 11) is 0. The lowest BCUT2D eigenvalue weighted by molar-refractivity contribution is 0.251. The maximum absolute atomic E-state index is 5.86. The molecule has 0 N–H and O–H groups in total. The van der Waals surface area contributed by atoms with Crippen molar-refractivity contribution in [3.63, 3.8) is 0 Å². The Labute approximate surface area is 120 Å². The van der Waals surface area contributed by atoms with E-state index < -0.39 is 0 Å². The molecule has 1 nitrogen and oxygen atoms in total. The van der Waals surface area contributed by atoms with Gasteiger partial charge in [0.15, 0.2) is 0 Å². The predicted octanol–water partition coefficient (Wildman–Crippen LogP) is 4.51. The lowest BCUT2D eigenvalue weighted by Gasteiger charge is -2.26. The molecule has 0 amide bonds. The zero-order valence-electron chi connectivity index (χ0n) is 10.8. The van der Waals surface area contributed by atoms with Crippen LogP contribution in [0.2, 0.25) is 5.02 Å². The first kappa shape index (κ1) is 14.2. The molecule has 18 heavy (non-hydrogen) atoms. The Morgan fingerprint density at radius 3 is 2.50 bits per heavy atom. The number of hydrogen-bond donors (Lipinski definition) is 0. The summed E-state index contributed by atoms with van der Waals surface area (Å²) >= 11 is 7.80. The average Bonchev–Trinajstić information content (AvgIpc) is 2.42. The van der Waals surface area contributed by atoms with Crippen molar-refractivity contribution in [1.82, 2.24) is 4.90 Å². The standard InChI is InChI=1S/C15H21ClNS/c16-14-6-8-15(9-7-14)18-13-5-4-12-17-10-2-1-3-11-17/h1,6-9H,2-5,10-13H2. The number of piperidine rings is 1. The minimum absolute atomic E-state index is 0.821. The number of benzene rings is 1. The van der Waals surface area contributed by atoms with Gasteiger partial charge in [-0.15, -0.1) is 11.8 Å². The van der Waals surface area contributed by atoms with Crippen LogP contribution >= 0.6 is 23.4 Å². The van der Waals surface area contributed by atoms with Gasteiger partial charge in [-0.3, -0.25) is 0 Å². The Morgan fingerprint density at radius 1 is 1.06 bits per heavy atom. The van der Waals surface area contributed by atoms with E-state index in [9.17, 15) is 0 Å². The molecule has 0 bridgehead atoms. The van der Waals surface area contributed by atoms with E-state index in [1.807, 2.05) is 23.9 Å². The van der Waals surface area contributed by atoms with Gasteiger partial charge in [0.05, 0.1) is 0 Å². The van der Waals surface area contributed by atoms with Gasteiger partial charge in [-0.05, 0) is 81.8 Å². The number of rotatable bonds is 6. The van der Waals surface area contributed by atoms with E-state index in [1.165, 1.54) is 56.0 Å². The number of hydrogen-bond acceptors (Lipinski definition) is 2. The molecule has 1 aromatic rings. The molecule has 1 fully saturated rings. The second-order valence-electron chi connectivity index (χ2n) is 4.72. The normalized spacial score (nSPS) is 16.9. The second kappa shape index (κ2) is 8.08. The van der Waals surface area contributed by atoms with Crippen LogP contribution in [0, 0.1) is 6.42 Å². The summed E-state index contributed by atoms with van der Waals surface area (Å²) in [6.07, 6.45) is 7.58. The molecule has 1 aliphatic heterocycles. The van der Waals surface area contributed by atoms with E-state index in [2.05, 4.69) is 23.5 Å². The second-order valence-corrected chi connectivity index (χ2v) is 6.32. The van der Waals surface area contributed by atoms with Gasteiger partial charge in [0, 0.05) is 9.92 Å². The Kier molecular flexibility index (Phi) is 6.39. The smallest absolute Gasteiger partial charge is 0.0406 e. The molecule has 0 aliphatic carbocycles. The molecule has 0 atom stereocenters. The van der Waals surface area contributed by atoms with Gasteiger partial charge in [-0.25, -0.2) is 0 Å². The van der Waals surface area contributed by atoms with Crippen molar-refractivity contribution >= 4 is 23.4 Å². The van der Waals surface area contributed by atoms with Crippen LogP contribution in [0.1, 0.15) is 25.7 Å². The van der Waals surface area contributed by atoms with E-state index in [0.29, 0.717) is 0 Å². The maximum atomic E-state index is 5.86. The summed E-state index contributed by atoms with van der Waals surface area (Å²) in [6.45, 7) is 3.81. The van der Waals surface area contributed by atoms with Crippen molar-refractivity contribution < 1.29 is 0 Å². The topological polar surface area (TPSA) is 3.24 Å². The van der Waals surface area contributed by atoms with E-state index in [4.69, 9.17) is 11.6 Å². The molecule has 99 valence electrons. The Morgan fingerprint density at radius 2 is 1.78 bits per heavy atom. The summed E-state index contributed by atoms with van der Waals surface area (Å²) < 4.78 is 0. The fraction of sp³-hybridized carbons (Fsp3) is 0.533. The number of unbranched alkanes of at least 4 members (excludes halogenated alkanes) is 1. The molecule has 1 heterocycles. The van der Waals surface area contributed by atoms with Crippen molar-refractivity contribution in [2.24, 2.45) is 0 Å². The van der Waals surface area contributed by atoms with E-state index >= 15 is 0 Å². The third kappa shape index (κ3) is 5.21. The Balaban J connectivity index is 1.54. The summed E-state index contributed by atoms with van der Waals surface area (Å²) in [5.41, 5.74) is 0. The zero-order chi connectivity index (χ0) is 12.6. The molecule has 0 unspecified atom stereocenters. The summed E-state index contributed by atoms with van der Waals surface area (Å²) in [5.74, 6) is 1.21. The molecule has 1 aliphatic rings. The molecule has 3 heteroatoms. The van der Waals surface area contributed by atoms with Crippen LogP contribution in [0.4, 0.5) is 0 Å². The third-order valence-corrected chi connectivity index (χ3v) is 4.60. The molecule has 0 spiro atoms. The fourth-order valence-corrected chi connectivity index (χ4v) is 3.22. The molecule has 0 saturated carbocycles. The highest BCUT2D eigenvalue weighted by Crippen LogP contribution is 2.21. The van der Waals surface area contributed by atoms with Crippen molar-refractivity contribution in [2.75, 3.05) is 25.4 Å². The summed E-state index contributed by atoms with van der Waals surface area (Å²) in [6, 6.07) is 8.14. The van der Waals surface area contributed by atoms with Crippen LogP contribution in [0.5, 0.6) is 0 Å². The highest BCUT2D eigenvalue weighted by Gasteiger charge is 2.08. The summed E-state index contributed by atoms with van der Waals surface area (Å²) in [5, 5.41) is 0.821. The highest BCUT2D eigenvalue weighted by atomic mass is 35.5. The molecule has 1 saturated heterocycles. The van der Waals surface area contributed by atoms with Crippen LogP contribution in [-0.4, -0.2) is 30.3 Å². The van der Waals surface area contributed by atoms with Gasteiger partial charge in [0.2, 0.25) is 0 Å². The van der Waals surface area contributed by atoms with Gasteiger partial charge >= 0.3 is 0 Å². The number of nitrogens with zero attached hydrogens (tertiary/aromatic N) is 1. The average molecular weight is 283 g/mol. The maximum Gasteiger partial charge on any atom is 0.0406 e. The molecular formula is C15H21ClNS. The third-order valence-electron chi connectivity index (χ3n) is 3.25. The molecular weight excluding hydrogens is 262 g/mol. The molecule has 2 rings (SSSR count). The first-order valence-electron chi connectivity index (χ1n) is 6.77. The number of halogens is 1. The van der Waals surface area contributed by atoms with Crippen LogP contribution < -0.4 is 0 Å². The summed E-state index contributed by atoms with van der Waals surface area (Å²) in [4.78, 5) is 3.92. The van der Waals surface area contributed by atoms with Gasteiger partial charge in [-0.2, -0.15) is 0 Å². The monoisotopic (exact) mass is 282 g/mol. The lowest BCUT2D eigenvalue weighted by Crippen LogP contribution is -2.30. The number of likely N-dealkylation sites (tertiary alicyclic amines) is 1. The molecule has 0 aromatic heterocycles. The SMILES string of the molecule is Clc1ccc(SCCCCN2CC[CH]CC2)cc1. The van der Waals surface area contributed by atoms with Gasteiger partial charge < -0.3 is 4.90 Å². The first-order valence-corrected chi connectivity index (χ1v) is 8.13. The first-order chi connectivity index (χ1) is 8.84. The van der Waals surface area contributed by atoms with E-state index in [1.54, 1.807) is 0 Å². The highest BCUT2D eigenvalue weighted by molar-refractivity contribution is 7.99. The van der Waals surface area contributed by atoms with Crippen molar-refractivity contribution in [1.29, 1.82) is 0 Å². The van der Waals surface area contributed by atoms with Gasteiger partial charge in [0.25, 0.3) is 0 Å². The van der Waals surface area contributed by atoms with Crippen molar-refractivity contribution in [2.45, 2.75) is 30.6 Å². The van der Waals surface area contributed by atoms with Gasteiger partial charge in [-0.1, -0.05) is 11.6 Å². The van der Waals surface area contributed by atoms with E-state index in [-0.39, 0.29) is 0 Å². The van der Waals surface area contributed by atoms with Crippen LogP contribution in [0.15, 0.2) is 29.2 Å². The minimum atomic E-state index is 0.821. The zero-order valence-corrected chi connectivity index (χ0v) is 12.3. The van der Waals surface area contributed by atoms with Crippen molar-refractivity contribution in [3.8, 4) is 0 Å². The lowest BCUT2D eigenvalue weighted by atomic mass is 10.1. The Hall–Kier alpha value is -0.180.